The average molecular weight is 558 g/mol. The number of carbonyl (C=O) groups is 2. The first-order valence-corrected chi connectivity index (χ1v) is 14.0. The van der Waals surface area contributed by atoms with Crippen molar-refractivity contribution in [3.05, 3.63) is 82.9 Å². The van der Waals surface area contributed by atoms with E-state index in [9.17, 15) is 14.7 Å². The Morgan fingerprint density at radius 1 is 1.00 bits per heavy atom. The summed E-state index contributed by atoms with van der Waals surface area (Å²) in [5.74, 6) is -1.89. The quantitative estimate of drug-likeness (QED) is 0.346. The third-order valence-electron chi connectivity index (χ3n) is 8.67. The fourth-order valence-corrected chi connectivity index (χ4v) is 6.19. The van der Waals surface area contributed by atoms with Gasteiger partial charge in [0.1, 0.15) is 17.7 Å². The number of benzene rings is 2. The Bertz CT molecular complexity index is 1700. The molecule has 4 heterocycles. The van der Waals surface area contributed by atoms with E-state index in [0.717, 1.165) is 24.1 Å². The number of carboxylic acids is 1. The molecule has 2 aliphatic heterocycles. The molecule has 1 saturated heterocycles. The van der Waals surface area contributed by atoms with E-state index in [2.05, 4.69) is 10.1 Å². The number of halogens is 2. The van der Waals surface area contributed by atoms with E-state index < -0.39 is 23.9 Å². The third kappa shape index (κ3) is 4.42. The number of amides is 1. The van der Waals surface area contributed by atoms with Crippen LogP contribution < -0.4 is 4.90 Å². The van der Waals surface area contributed by atoms with Crippen LogP contribution in [0.5, 0.6) is 0 Å². The Balaban J connectivity index is 1.21. The number of anilines is 1. The van der Waals surface area contributed by atoms with Crippen LogP contribution in [-0.4, -0.2) is 56.1 Å². The van der Waals surface area contributed by atoms with Crippen LogP contribution in [0.25, 0.3) is 16.9 Å². The molecule has 210 valence electrons. The topological polar surface area (TPSA) is 91.0 Å². The van der Waals surface area contributed by atoms with Gasteiger partial charge in [0.05, 0.1) is 24.2 Å². The molecule has 2 aromatic carbocycles. The first kappa shape index (κ1) is 25.6. The van der Waals surface area contributed by atoms with Gasteiger partial charge < -0.3 is 14.9 Å². The van der Waals surface area contributed by atoms with Crippen LogP contribution in [0.2, 0.25) is 0 Å². The molecule has 2 fully saturated rings. The summed E-state index contributed by atoms with van der Waals surface area (Å²) >= 11 is 0. The summed E-state index contributed by atoms with van der Waals surface area (Å²) in [6.45, 7) is 2.75. The van der Waals surface area contributed by atoms with E-state index in [0.29, 0.717) is 47.7 Å². The molecular formula is C31H29F2N5O3. The minimum absolute atomic E-state index is 0.0467. The molecule has 0 bridgehead atoms. The van der Waals surface area contributed by atoms with E-state index in [1.54, 1.807) is 34.8 Å². The van der Waals surface area contributed by atoms with Gasteiger partial charge in [-0.2, -0.15) is 5.10 Å². The van der Waals surface area contributed by atoms with E-state index in [4.69, 9.17) is 0 Å². The van der Waals surface area contributed by atoms with Crippen molar-refractivity contribution in [1.29, 1.82) is 0 Å². The maximum absolute atomic E-state index is 15.4. The van der Waals surface area contributed by atoms with E-state index in [-0.39, 0.29) is 30.1 Å². The lowest BCUT2D eigenvalue weighted by atomic mass is 9.92. The highest BCUT2D eigenvalue weighted by molar-refractivity contribution is 5.93. The molecule has 1 saturated carbocycles. The highest BCUT2D eigenvalue weighted by Crippen LogP contribution is 2.42. The van der Waals surface area contributed by atoms with Gasteiger partial charge in [0, 0.05) is 42.0 Å². The molecule has 8 nitrogen and oxygen atoms in total. The average Bonchev–Trinajstić information content (AvgIpc) is 3.52. The van der Waals surface area contributed by atoms with Gasteiger partial charge in [-0.05, 0) is 61.6 Å². The number of hydrogen-bond acceptors (Lipinski definition) is 5. The number of hydrogen-bond donors (Lipinski definition) is 1. The summed E-state index contributed by atoms with van der Waals surface area (Å²) < 4.78 is 32.1. The number of rotatable bonds is 5. The molecule has 41 heavy (non-hydrogen) atoms. The fourth-order valence-electron chi connectivity index (χ4n) is 6.19. The zero-order chi connectivity index (χ0) is 28.4. The van der Waals surface area contributed by atoms with Gasteiger partial charge in [0.15, 0.2) is 5.65 Å². The number of aliphatic carboxylic acids is 1. The van der Waals surface area contributed by atoms with Crippen LogP contribution in [0.15, 0.2) is 54.6 Å². The summed E-state index contributed by atoms with van der Waals surface area (Å²) in [5.41, 5.74) is 4.22. The number of alkyl halides is 1. The molecule has 0 radical (unpaired) electrons. The van der Waals surface area contributed by atoms with Crippen LogP contribution in [0.3, 0.4) is 0 Å². The third-order valence-corrected chi connectivity index (χ3v) is 8.67. The Morgan fingerprint density at radius 3 is 2.49 bits per heavy atom. The summed E-state index contributed by atoms with van der Waals surface area (Å²) in [7, 11) is 0. The summed E-state index contributed by atoms with van der Waals surface area (Å²) in [4.78, 5) is 33.1. The molecular weight excluding hydrogens is 528 g/mol. The van der Waals surface area contributed by atoms with Gasteiger partial charge in [-0.3, -0.25) is 9.59 Å². The minimum atomic E-state index is -1.28. The van der Waals surface area contributed by atoms with Gasteiger partial charge in [0.2, 0.25) is 0 Å². The molecule has 0 unspecified atom stereocenters. The highest BCUT2D eigenvalue weighted by atomic mass is 19.1. The highest BCUT2D eigenvalue weighted by Gasteiger charge is 2.36. The zero-order valence-electron chi connectivity index (χ0n) is 22.5. The van der Waals surface area contributed by atoms with E-state index >= 15 is 8.78 Å². The van der Waals surface area contributed by atoms with Crippen LogP contribution in [0.1, 0.15) is 71.6 Å². The number of carbonyl (C=O) groups excluding carboxylic acids is 1. The second kappa shape index (κ2) is 9.64. The van der Waals surface area contributed by atoms with Crippen molar-refractivity contribution in [2.45, 2.75) is 44.3 Å². The van der Waals surface area contributed by atoms with Crippen molar-refractivity contribution in [2.75, 3.05) is 24.5 Å². The van der Waals surface area contributed by atoms with Crippen molar-refractivity contribution in [3.8, 4) is 11.3 Å². The van der Waals surface area contributed by atoms with Crippen molar-refractivity contribution in [2.24, 2.45) is 5.92 Å². The van der Waals surface area contributed by atoms with Crippen LogP contribution in [-0.2, 0) is 4.79 Å². The molecule has 7 rings (SSSR count). The Labute approximate surface area is 235 Å². The number of aromatic nitrogens is 3. The Kier molecular flexibility index (Phi) is 6.02. The maximum atomic E-state index is 15.4. The summed E-state index contributed by atoms with van der Waals surface area (Å²) in [6.07, 6.45) is 1.16. The monoisotopic (exact) mass is 557 g/mol. The van der Waals surface area contributed by atoms with Crippen molar-refractivity contribution in [3.63, 3.8) is 0 Å². The van der Waals surface area contributed by atoms with Crippen LogP contribution >= 0.6 is 0 Å². The van der Waals surface area contributed by atoms with E-state index in [1.807, 2.05) is 30.0 Å². The van der Waals surface area contributed by atoms with Crippen molar-refractivity contribution >= 4 is 23.2 Å². The SMILES string of the molecule is C[C@@H]1c2ccccc2[C@H](F)CN1C(=O)c1cc(C2CC2)n2nc(-c3ccc(N4CC[C@H](C(=O)O)C4)cc3F)cc2n1. The second-order valence-electron chi connectivity index (χ2n) is 11.3. The molecule has 3 aliphatic rings. The Hall–Kier alpha value is -4.34. The molecule has 1 aliphatic carbocycles. The van der Waals surface area contributed by atoms with Crippen molar-refractivity contribution < 1.29 is 23.5 Å². The zero-order valence-corrected chi connectivity index (χ0v) is 22.5. The Morgan fingerprint density at radius 2 is 1.78 bits per heavy atom. The molecule has 2 aromatic heterocycles. The predicted octanol–water partition coefficient (Wildman–Crippen LogP) is 5.55. The lowest BCUT2D eigenvalue weighted by Crippen LogP contribution is -2.40. The van der Waals surface area contributed by atoms with Crippen molar-refractivity contribution in [1.82, 2.24) is 19.5 Å². The maximum Gasteiger partial charge on any atom is 0.308 e. The second-order valence-corrected chi connectivity index (χ2v) is 11.3. The standard InChI is InChI=1S/C31H29F2N5O3/c1-17-21-4-2-3-5-22(21)25(33)16-37(17)30(39)27-13-28(18-6-7-18)38-29(34-27)14-26(35-38)23-9-8-20(12-24(23)32)36-11-10-19(15-36)31(40)41/h2-5,8-9,12-14,17-19,25H,6-7,10-11,15-16H2,1H3,(H,40,41)/t17-,19+,25-/m1/s1. The fraction of sp³-hybridized carbons (Fsp3) is 0.355. The molecule has 0 spiro atoms. The lowest BCUT2D eigenvalue weighted by Gasteiger charge is -2.36. The van der Waals surface area contributed by atoms with Gasteiger partial charge in [-0.15, -0.1) is 0 Å². The van der Waals surface area contributed by atoms with E-state index in [1.165, 1.54) is 11.0 Å². The molecule has 10 heteroatoms. The van der Waals surface area contributed by atoms with Crippen LogP contribution in [0, 0.1) is 11.7 Å². The summed E-state index contributed by atoms with van der Waals surface area (Å²) in [6, 6.07) is 15.2. The van der Waals surface area contributed by atoms with Gasteiger partial charge in [-0.1, -0.05) is 24.3 Å². The minimum Gasteiger partial charge on any atom is -0.481 e. The lowest BCUT2D eigenvalue weighted by molar-refractivity contribution is -0.140. The first-order valence-electron chi connectivity index (χ1n) is 14.0. The normalized spacial score (nSPS) is 22.3. The smallest absolute Gasteiger partial charge is 0.308 e. The summed E-state index contributed by atoms with van der Waals surface area (Å²) in [5, 5.41) is 14.0. The largest absolute Gasteiger partial charge is 0.481 e. The molecule has 3 atom stereocenters. The number of nitrogens with zero attached hydrogens (tertiary/aromatic N) is 5. The number of carboxylic acid groups (broad SMARTS) is 1. The first-order chi connectivity index (χ1) is 19.8. The van der Waals surface area contributed by atoms with Gasteiger partial charge >= 0.3 is 5.97 Å². The van der Waals surface area contributed by atoms with Crippen LogP contribution in [0.4, 0.5) is 14.5 Å². The van der Waals surface area contributed by atoms with Gasteiger partial charge in [-0.25, -0.2) is 18.3 Å². The molecule has 1 amide bonds. The van der Waals surface area contributed by atoms with Gasteiger partial charge in [0.25, 0.3) is 5.91 Å². The number of fused-ring (bicyclic) bond motifs is 2. The predicted molar refractivity (Wildman–Crippen MR) is 148 cm³/mol. The molecule has 1 N–H and O–H groups in total. The molecule has 4 aromatic rings.